The minimum Gasteiger partial charge on any atom is -0.397 e. The quantitative estimate of drug-likeness (QED) is 0.812. The van der Waals surface area contributed by atoms with E-state index in [9.17, 15) is 0 Å². The van der Waals surface area contributed by atoms with Gasteiger partial charge in [0.1, 0.15) is 0 Å². The summed E-state index contributed by atoms with van der Waals surface area (Å²) in [5, 5.41) is 0. The van der Waals surface area contributed by atoms with Gasteiger partial charge in [-0.2, -0.15) is 0 Å². The van der Waals surface area contributed by atoms with Crippen LogP contribution in [0.15, 0.2) is 18.2 Å². The van der Waals surface area contributed by atoms with E-state index in [0.717, 1.165) is 18.8 Å². The minimum absolute atomic E-state index is 0.605. The van der Waals surface area contributed by atoms with Gasteiger partial charge in [0, 0.05) is 19.1 Å². The molecule has 1 fully saturated rings. The molecule has 1 atom stereocenters. The van der Waals surface area contributed by atoms with Crippen LogP contribution in [-0.4, -0.2) is 38.1 Å². The maximum Gasteiger partial charge on any atom is 0.0632 e. The van der Waals surface area contributed by atoms with Crippen molar-refractivity contribution in [2.24, 2.45) is 0 Å². The number of hydrogen-bond donors (Lipinski definition) is 1. The number of anilines is 2. The molecule has 1 heterocycles. The van der Waals surface area contributed by atoms with Gasteiger partial charge in [0.05, 0.1) is 11.4 Å². The smallest absolute Gasteiger partial charge is 0.0632 e. The number of aryl methyl sites for hydroxylation is 1. The van der Waals surface area contributed by atoms with Crippen LogP contribution in [0.5, 0.6) is 0 Å². The average molecular weight is 233 g/mol. The second-order valence-electron chi connectivity index (χ2n) is 5.26. The second kappa shape index (κ2) is 4.96. The zero-order chi connectivity index (χ0) is 12.4. The molecule has 3 nitrogen and oxygen atoms in total. The number of hydrogen-bond acceptors (Lipinski definition) is 3. The Hall–Kier alpha value is -1.22. The van der Waals surface area contributed by atoms with Crippen molar-refractivity contribution in [3.05, 3.63) is 23.8 Å². The molecule has 94 valence electrons. The predicted molar refractivity (Wildman–Crippen MR) is 74.5 cm³/mol. The Morgan fingerprint density at radius 1 is 1.41 bits per heavy atom. The van der Waals surface area contributed by atoms with Gasteiger partial charge in [-0.15, -0.1) is 0 Å². The first-order valence-corrected chi connectivity index (χ1v) is 6.36. The fourth-order valence-corrected chi connectivity index (χ4v) is 2.82. The summed E-state index contributed by atoms with van der Waals surface area (Å²) in [5.74, 6) is 0. The summed E-state index contributed by atoms with van der Waals surface area (Å²) in [6.07, 6.45) is 2.54. The third-order valence-corrected chi connectivity index (χ3v) is 3.51. The number of nitrogen functional groups attached to an aromatic ring is 1. The summed E-state index contributed by atoms with van der Waals surface area (Å²) in [7, 11) is 4.27. The highest BCUT2D eigenvalue weighted by atomic mass is 15.2. The van der Waals surface area contributed by atoms with Crippen LogP contribution in [0.3, 0.4) is 0 Å². The van der Waals surface area contributed by atoms with E-state index >= 15 is 0 Å². The van der Waals surface area contributed by atoms with Crippen LogP contribution >= 0.6 is 0 Å². The van der Waals surface area contributed by atoms with Gasteiger partial charge < -0.3 is 15.5 Å². The molecule has 0 bridgehead atoms. The predicted octanol–water partition coefficient (Wildman–Crippen LogP) is 2.11. The summed E-state index contributed by atoms with van der Waals surface area (Å²) in [6, 6.07) is 6.79. The first kappa shape index (κ1) is 12.2. The van der Waals surface area contributed by atoms with Crippen molar-refractivity contribution < 1.29 is 0 Å². The zero-order valence-corrected chi connectivity index (χ0v) is 11.1. The number of likely N-dealkylation sites (N-methyl/N-ethyl adjacent to an activating group) is 1. The van der Waals surface area contributed by atoms with E-state index in [1.54, 1.807) is 0 Å². The van der Waals surface area contributed by atoms with Crippen molar-refractivity contribution in [2.75, 3.05) is 37.8 Å². The lowest BCUT2D eigenvalue weighted by Gasteiger charge is -2.31. The zero-order valence-electron chi connectivity index (χ0n) is 11.1. The number of rotatable bonds is 3. The Kier molecular flexibility index (Phi) is 3.57. The molecule has 0 aromatic heterocycles. The highest BCUT2D eigenvalue weighted by Gasteiger charge is 2.27. The fraction of sp³-hybridized carbons (Fsp3) is 0.571. The monoisotopic (exact) mass is 233 g/mol. The lowest BCUT2D eigenvalue weighted by molar-refractivity contribution is 0.372. The molecule has 3 heteroatoms. The van der Waals surface area contributed by atoms with Crippen LogP contribution < -0.4 is 10.6 Å². The number of benzene rings is 1. The van der Waals surface area contributed by atoms with Crippen molar-refractivity contribution >= 4 is 11.4 Å². The Balaban J connectivity index is 2.26. The van der Waals surface area contributed by atoms with Gasteiger partial charge in [-0.25, -0.2) is 0 Å². The summed E-state index contributed by atoms with van der Waals surface area (Å²) < 4.78 is 0. The number of nitrogens with two attached hydrogens (primary N) is 1. The number of para-hydroxylation sites is 1. The summed E-state index contributed by atoms with van der Waals surface area (Å²) in [6.45, 7) is 4.39. The van der Waals surface area contributed by atoms with E-state index in [1.165, 1.54) is 24.1 Å². The van der Waals surface area contributed by atoms with Crippen molar-refractivity contribution in [3.63, 3.8) is 0 Å². The highest BCUT2D eigenvalue weighted by molar-refractivity contribution is 5.72. The number of nitrogens with zero attached hydrogens (tertiary/aromatic N) is 2. The van der Waals surface area contributed by atoms with E-state index in [1.807, 2.05) is 12.1 Å². The van der Waals surface area contributed by atoms with Crippen LogP contribution in [0.1, 0.15) is 18.4 Å². The summed E-state index contributed by atoms with van der Waals surface area (Å²) in [4.78, 5) is 4.75. The standard InChI is InChI=1S/C14H23N3/c1-11-6-4-8-13(15)14(11)17-9-5-7-12(17)10-16(2)3/h4,6,8,12H,5,7,9-10,15H2,1-3H3. The molecule has 2 rings (SSSR count). The fourth-order valence-electron chi connectivity index (χ4n) is 2.82. The molecule has 1 aromatic rings. The average Bonchev–Trinajstić information content (AvgIpc) is 2.65. The Morgan fingerprint density at radius 2 is 2.18 bits per heavy atom. The second-order valence-corrected chi connectivity index (χ2v) is 5.26. The normalized spacial score (nSPS) is 20.2. The Morgan fingerprint density at radius 3 is 2.82 bits per heavy atom. The van der Waals surface area contributed by atoms with Crippen molar-refractivity contribution in [3.8, 4) is 0 Å². The lowest BCUT2D eigenvalue weighted by Crippen LogP contribution is -2.38. The lowest BCUT2D eigenvalue weighted by atomic mass is 10.1. The van der Waals surface area contributed by atoms with Crippen LogP contribution in [0.2, 0.25) is 0 Å². The van der Waals surface area contributed by atoms with Crippen LogP contribution in [0, 0.1) is 6.92 Å². The Bertz CT molecular complexity index is 367. The molecule has 1 saturated heterocycles. The van der Waals surface area contributed by atoms with E-state index in [-0.39, 0.29) is 0 Å². The van der Waals surface area contributed by atoms with Crippen molar-refractivity contribution in [1.82, 2.24) is 4.90 Å². The molecule has 17 heavy (non-hydrogen) atoms. The van der Waals surface area contributed by atoms with Gasteiger partial charge >= 0.3 is 0 Å². The van der Waals surface area contributed by atoms with Crippen molar-refractivity contribution in [1.29, 1.82) is 0 Å². The molecular weight excluding hydrogens is 210 g/mol. The molecule has 0 saturated carbocycles. The minimum atomic E-state index is 0.605. The maximum atomic E-state index is 6.14. The third-order valence-electron chi connectivity index (χ3n) is 3.51. The molecule has 1 aliphatic heterocycles. The molecular formula is C14H23N3. The van der Waals surface area contributed by atoms with Gasteiger partial charge in [-0.3, -0.25) is 0 Å². The van der Waals surface area contributed by atoms with Gasteiger partial charge in [0.25, 0.3) is 0 Å². The molecule has 0 radical (unpaired) electrons. The van der Waals surface area contributed by atoms with Crippen LogP contribution in [-0.2, 0) is 0 Å². The maximum absolute atomic E-state index is 6.14. The molecule has 1 aliphatic rings. The van der Waals surface area contributed by atoms with E-state index in [0.29, 0.717) is 6.04 Å². The van der Waals surface area contributed by atoms with Gasteiger partial charge in [0.15, 0.2) is 0 Å². The van der Waals surface area contributed by atoms with Crippen LogP contribution in [0.25, 0.3) is 0 Å². The molecule has 1 unspecified atom stereocenters. The van der Waals surface area contributed by atoms with Crippen molar-refractivity contribution in [2.45, 2.75) is 25.8 Å². The molecule has 0 spiro atoms. The summed E-state index contributed by atoms with van der Waals surface area (Å²) >= 11 is 0. The molecule has 2 N–H and O–H groups in total. The van der Waals surface area contributed by atoms with Crippen LogP contribution in [0.4, 0.5) is 11.4 Å². The van der Waals surface area contributed by atoms with E-state index < -0.39 is 0 Å². The summed E-state index contributed by atoms with van der Waals surface area (Å²) in [5.41, 5.74) is 9.59. The van der Waals surface area contributed by atoms with Gasteiger partial charge in [-0.1, -0.05) is 12.1 Å². The first-order chi connectivity index (χ1) is 8.09. The largest absolute Gasteiger partial charge is 0.397 e. The van der Waals surface area contributed by atoms with Gasteiger partial charge in [-0.05, 0) is 45.5 Å². The molecule has 0 amide bonds. The van der Waals surface area contributed by atoms with Gasteiger partial charge in [0.2, 0.25) is 0 Å². The molecule has 1 aromatic carbocycles. The Labute approximate surface area is 104 Å². The van der Waals surface area contributed by atoms with E-state index in [2.05, 4.69) is 36.9 Å². The topological polar surface area (TPSA) is 32.5 Å². The third kappa shape index (κ3) is 2.55. The first-order valence-electron chi connectivity index (χ1n) is 6.36. The molecule has 0 aliphatic carbocycles. The van der Waals surface area contributed by atoms with E-state index in [4.69, 9.17) is 5.73 Å². The highest BCUT2D eigenvalue weighted by Crippen LogP contribution is 2.33. The SMILES string of the molecule is Cc1cccc(N)c1N1CCCC1CN(C)C.